The lowest BCUT2D eigenvalue weighted by Crippen LogP contribution is -1.90. The predicted octanol–water partition coefficient (Wildman–Crippen LogP) is 3.75. The van der Waals surface area contributed by atoms with E-state index < -0.39 is 0 Å². The lowest BCUT2D eigenvalue weighted by atomic mass is 9.96. The molecule has 0 unspecified atom stereocenters. The molecule has 0 spiro atoms. The summed E-state index contributed by atoms with van der Waals surface area (Å²) in [6, 6.07) is 12.4. The first-order valence-electron chi connectivity index (χ1n) is 6.98. The Bertz CT molecular complexity index is 847. The van der Waals surface area contributed by atoms with E-state index in [9.17, 15) is 0 Å². The van der Waals surface area contributed by atoms with Crippen LogP contribution in [0.25, 0.3) is 33.3 Å². The summed E-state index contributed by atoms with van der Waals surface area (Å²) in [6.07, 6.45) is 10.3. The molecule has 2 heterocycles. The van der Waals surface area contributed by atoms with Crippen molar-refractivity contribution in [1.82, 2.24) is 19.9 Å². The molecule has 4 nitrogen and oxygen atoms in total. The average molecular weight is 284 g/mol. The highest BCUT2D eigenvalue weighted by molar-refractivity contribution is 6.05. The van der Waals surface area contributed by atoms with Gasteiger partial charge < -0.3 is 0 Å². The van der Waals surface area contributed by atoms with Gasteiger partial charge >= 0.3 is 0 Å². The molecule has 4 rings (SSSR count). The van der Waals surface area contributed by atoms with Crippen LogP contribution in [0.4, 0.5) is 0 Å². The van der Waals surface area contributed by atoms with Gasteiger partial charge in [-0.2, -0.15) is 0 Å². The maximum absolute atomic E-state index is 4.44. The number of rotatable bonds is 2. The Labute approximate surface area is 127 Å². The number of nitrogens with zero attached hydrogens (tertiary/aromatic N) is 4. The summed E-state index contributed by atoms with van der Waals surface area (Å²) < 4.78 is 0. The van der Waals surface area contributed by atoms with Crippen LogP contribution in [0, 0.1) is 0 Å². The number of aromatic nitrogens is 4. The fourth-order valence-electron chi connectivity index (χ4n) is 2.64. The molecule has 22 heavy (non-hydrogen) atoms. The van der Waals surface area contributed by atoms with Crippen molar-refractivity contribution in [2.75, 3.05) is 0 Å². The molecule has 4 heteroatoms. The van der Waals surface area contributed by atoms with E-state index in [4.69, 9.17) is 0 Å². The van der Waals surface area contributed by atoms with Crippen molar-refractivity contribution in [1.29, 1.82) is 0 Å². The highest BCUT2D eigenvalue weighted by Crippen LogP contribution is 2.34. The third-order valence-electron chi connectivity index (χ3n) is 3.58. The third kappa shape index (κ3) is 2.11. The number of hydrogen-bond donors (Lipinski definition) is 0. The van der Waals surface area contributed by atoms with Gasteiger partial charge in [0, 0.05) is 41.3 Å². The van der Waals surface area contributed by atoms with Gasteiger partial charge in [0.1, 0.15) is 0 Å². The van der Waals surface area contributed by atoms with Crippen LogP contribution >= 0.6 is 0 Å². The Morgan fingerprint density at radius 3 is 1.59 bits per heavy atom. The van der Waals surface area contributed by atoms with Crippen LogP contribution in [0.1, 0.15) is 0 Å². The molecule has 2 aromatic heterocycles. The second-order valence-corrected chi connectivity index (χ2v) is 4.89. The molecule has 0 radical (unpaired) electrons. The van der Waals surface area contributed by atoms with Crippen molar-refractivity contribution in [3.63, 3.8) is 0 Å². The Hall–Kier alpha value is -3.14. The van der Waals surface area contributed by atoms with Crippen LogP contribution in [0.15, 0.2) is 73.6 Å². The zero-order valence-electron chi connectivity index (χ0n) is 11.7. The normalized spacial score (nSPS) is 10.7. The first-order valence-corrected chi connectivity index (χ1v) is 6.98. The summed E-state index contributed by atoms with van der Waals surface area (Å²) in [7, 11) is 0. The van der Waals surface area contributed by atoms with E-state index in [-0.39, 0.29) is 0 Å². The van der Waals surface area contributed by atoms with Gasteiger partial charge in [-0.15, -0.1) is 0 Å². The Kier molecular flexibility index (Phi) is 3.05. The highest BCUT2D eigenvalue weighted by atomic mass is 14.8. The maximum atomic E-state index is 4.44. The van der Waals surface area contributed by atoms with E-state index in [1.807, 2.05) is 12.1 Å². The van der Waals surface area contributed by atoms with Gasteiger partial charge in [-0.05, 0) is 5.39 Å². The topological polar surface area (TPSA) is 51.6 Å². The molecule has 0 bridgehead atoms. The Morgan fingerprint density at radius 2 is 1.14 bits per heavy atom. The largest absolute Gasteiger partial charge is 0.261 e. The van der Waals surface area contributed by atoms with E-state index in [1.54, 1.807) is 37.2 Å². The first kappa shape index (κ1) is 12.6. The van der Waals surface area contributed by atoms with Gasteiger partial charge in [0.2, 0.25) is 0 Å². The quantitative estimate of drug-likeness (QED) is 0.562. The second-order valence-electron chi connectivity index (χ2n) is 4.89. The summed E-state index contributed by atoms with van der Waals surface area (Å²) in [5, 5.41) is 2.26. The zero-order chi connectivity index (χ0) is 14.8. The molecule has 0 N–H and O–H groups in total. The summed E-state index contributed by atoms with van der Waals surface area (Å²) in [4.78, 5) is 17.2. The van der Waals surface area contributed by atoms with Gasteiger partial charge in [0.15, 0.2) is 0 Å². The van der Waals surface area contributed by atoms with E-state index >= 15 is 0 Å². The predicted molar refractivity (Wildman–Crippen MR) is 86.0 cm³/mol. The molecule has 4 aromatic rings. The molecule has 0 fully saturated rings. The van der Waals surface area contributed by atoms with E-state index in [1.165, 1.54) is 0 Å². The average Bonchev–Trinajstić information content (AvgIpc) is 2.62. The lowest BCUT2D eigenvalue weighted by molar-refractivity contribution is 1.20. The van der Waals surface area contributed by atoms with Crippen molar-refractivity contribution in [2.24, 2.45) is 0 Å². The summed E-state index contributed by atoms with van der Waals surface area (Å²) in [6.45, 7) is 0. The molecule has 0 aliphatic carbocycles. The van der Waals surface area contributed by atoms with Gasteiger partial charge in [0.25, 0.3) is 0 Å². The van der Waals surface area contributed by atoms with Gasteiger partial charge in [-0.25, -0.2) is 0 Å². The summed E-state index contributed by atoms with van der Waals surface area (Å²) in [5.74, 6) is 0. The van der Waals surface area contributed by atoms with E-state index in [2.05, 4.69) is 44.2 Å². The number of benzene rings is 2. The minimum Gasteiger partial charge on any atom is -0.261 e. The van der Waals surface area contributed by atoms with Gasteiger partial charge in [-0.3, -0.25) is 19.9 Å². The minimum atomic E-state index is 0.851. The van der Waals surface area contributed by atoms with Crippen molar-refractivity contribution in [3.05, 3.63) is 73.6 Å². The standard InChI is InChI=1S/C18H12N4/c1-3-13-4-2-6-15(17-12-20-8-10-22-17)18(13)14(5-1)16-11-19-7-9-21-16/h1-12H. The van der Waals surface area contributed by atoms with Crippen LogP contribution in [0.2, 0.25) is 0 Å². The zero-order valence-corrected chi connectivity index (χ0v) is 11.7. The molecular formula is C18H12N4. The van der Waals surface area contributed by atoms with Crippen LogP contribution in [0.3, 0.4) is 0 Å². The molecule has 0 saturated heterocycles. The Morgan fingerprint density at radius 1 is 0.591 bits per heavy atom. The summed E-state index contributed by atoms with van der Waals surface area (Å²) in [5.41, 5.74) is 3.80. The molecule has 0 atom stereocenters. The van der Waals surface area contributed by atoms with Crippen molar-refractivity contribution in [2.45, 2.75) is 0 Å². The molecule has 0 amide bonds. The molecule has 0 saturated carbocycles. The SMILES string of the molecule is c1cc(-c2cnccn2)c2c(-c3cnccn3)cccc2c1. The molecular weight excluding hydrogens is 272 g/mol. The molecule has 104 valence electrons. The van der Waals surface area contributed by atoms with Gasteiger partial charge in [-0.1, -0.05) is 36.4 Å². The van der Waals surface area contributed by atoms with Crippen LogP contribution in [0.5, 0.6) is 0 Å². The van der Waals surface area contributed by atoms with Crippen molar-refractivity contribution < 1.29 is 0 Å². The van der Waals surface area contributed by atoms with Crippen LogP contribution in [-0.2, 0) is 0 Å². The fourth-order valence-corrected chi connectivity index (χ4v) is 2.64. The number of hydrogen-bond acceptors (Lipinski definition) is 4. The first-order chi connectivity index (χ1) is 10.9. The molecule has 0 aliphatic rings. The smallest absolute Gasteiger partial charge is 0.0891 e. The van der Waals surface area contributed by atoms with Crippen molar-refractivity contribution in [3.8, 4) is 22.5 Å². The monoisotopic (exact) mass is 284 g/mol. The Balaban J connectivity index is 2.07. The maximum Gasteiger partial charge on any atom is 0.0891 e. The highest BCUT2D eigenvalue weighted by Gasteiger charge is 2.11. The molecule has 2 aromatic carbocycles. The van der Waals surface area contributed by atoms with E-state index in [0.717, 1.165) is 33.3 Å². The fraction of sp³-hybridized carbons (Fsp3) is 0. The second kappa shape index (κ2) is 5.33. The van der Waals surface area contributed by atoms with Crippen molar-refractivity contribution >= 4 is 10.8 Å². The minimum absolute atomic E-state index is 0.851. The lowest BCUT2D eigenvalue weighted by Gasteiger charge is -2.10. The third-order valence-corrected chi connectivity index (χ3v) is 3.58. The molecule has 0 aliphatic heterocycles. The van der Waals surface area contributed by atoms with Crippen LogP contribution < -0.4 is 0 Å². The van der Waals surface area contributed by atoms with Gasteiger partial charge in [0.05, 0.1) is 23.8 Å². The van der Waals surface area contributed by atoms with E-state index in [0.29, 0.717) is 0 Å². The van der Waals surface area contributed by atoms with Crippen LogP contribution in [-0.4, -0.2) is 19.9 Å². The summed E-state index contributed by atoms with van der Waals surface area (Å²) >= 11 is 0. The number of fused-ring (bicyclic) bond motifs is 1.